The fourth-order valence-corrected chi connectivity index (χ4v) is 2.06. The first kappa shape index (κ1) is 11.1. The molecule has 4 nitrogen and oxygen atoms in total. The van der Waals surface area contributed by atoms with Gasteiger partial charge in [-0.1, -0.05) is 26.0 Å². The molecule has 0 aliphatic heterocycles. The van der Waals surface area contributed by atoms with Crippen molar-refractivity contribution in [1.82, 2.24) is 0 Å². The Kier molecular flexibility index (Phi) is 2.27. The Labute approximate surface area is 94.6 Å². The van der Waals surface area contributed by atoms with E-state index in [-0.39, 0.29) is 21.6 Å². The Morgan fingerprint density at radius 2 is 2.06 bits per heavy atom. The number of nitro benzene ring substituents is 1. The standard InChI is InChI=1S/C12H16N2O2/c1-11(2,12(13)6-7-12)9-4-3-5-10(8-9)14(15)16/h3-5,8H,6-7,13H2,1-2H3. The van der Waals surface area contributed by atoms with Gasteiger partial charge in [0, 0.05) is 23.1 Å². The summed E-state index contributed by atoms with van der Waals surface area (Å²) < 4.78 is 0. The molecule has 0 spiro atoms. The van der Waals surface area contributed by atoms with Crippen molar-refractivity contribution in [2.75, 3.05) is 0 Å². The lowest BCUT2D eigenvalue weighted by Gasteiger charge is -2.32. The van der Waals surface area contributed by atoms with E-state index in [9.17, 15) is 10.1 Å². The van der Waals surface area contributed by atoms with Crippen molar-refractivity contribution in [1.29, 1.82) is 0 Å². The highest BCUT2D eigenvalue weighted by molar-refractivity contribution is 5.41. The minimum absolute atomic E-state index is 0.134. The van der Waals surface area contributed by atoms with Crippen molar-refractivity contribution in [3.63, 3.8) is 0 Å². The maximum Gasteiger partial charge on any atom is 0.269 e. The molecular formula is C12H16N2O2. The minimum atomic E-state index is -0.365. The molecule has 0 amide bonds. The van der Waals surface area contributed by atoms with Crippen LogP contribution in [0.3, 0.4) is 0 Å². The molecule has 2 rings (SSSR count). The quantitative estimate of drug-likeness (QED) is 0.628. The summed E-state index contributed by atoms with van der Waals surface area (Å²) in [6.07, 6.45) is 1.98. The third-order valence-corrected chi connectivity index (χ3v) is 3.81. The van der Waals surface area contributed by atoms with Gasteiger partial charge in [0.25, 0.3) is 5.69 Å². The number of nitrogens with two attached hydrogens (primary N) is 1. The summed E-state index contributed by atoms with van der Waals surface area (Å²) in [6, 6.07) is 6.78. The van der Waals surface area contributed by atoms with Gasteiger partial charge < -0.3 is 5.73 Å². The maximum atomic E-state index is 10.7. The Morgan fingerprint density at radius 1 is 1.44 bits per heavy atom. The summed E-state index contributed by atoms with van der Waals surface area (Å²) in [6.45, 7) is 4.11. The summed E-state index contributed by atoms with van der Waals surface area (Å²) >= 11 is 0. The number of hydrogen-bond donors (Lipinski definition) is 1. The van der Waals surface area contributed by atoms with Gasteiger partial charge >= 0.3 is 0 Å². The molecule has 0 bridgehead atoms. The highest BCUT2D eigenvalue weighted by Gasteiger charge is 2.52. The Bertz CT molecular complexity index is 436. The van der Waals surface area contributed by atoms with Crippen LogP contribution < -0.4 is 5.73 Å². The fraction of sp³-hybridized carbons (Fsp3) is 0.500. The predicted molar refractivity (Wildman–Crippen MR) is 62.3 cm³/mol. The largest absolute Gasteiger partial charge is 0.324 e. The van der Waals surface area contributed by atoms with Crippen LogP contribution in [0.5, 0.6) is 0 Å². The number of rotatable bonds is 3. The Morgan fingerprint density at radius 3 is 2.56 bits per heavy atom. The molecule has 0 aromatic heterocycles. The van der Waals surface area contributed by atoms with E-state index in [1.54, 1.807) is 12.1 Å². The van der Waals surface area contributed by atoms with Gasteiger partial charge in [-0.3, -0.25) is 10.1 Å². The van der Waals surface area contributed by atoms with Crippen LogP contribution in [0.15, 0.2) is 24.3 Å². The number of nitro groups is 1. The number of benzene rings is 1. The van der Waals surface area contributed by atoms with E-state index in [0.29, 0.717) is 0 Å². The van der Waals surface area contributed by atoms with Gasteiger partial charge in [-0.25, -0.2) is 0 Å². The molecule has 1 aromatic carbocycles. The molecule has 1 aliphatic carbocycles. The Hall–Kier alpha value is -1.42. The lowest BCUT2D eigenvalue weighted by atomic mass is 9.76. The zero-order valence-corrected chi connectivity index (χ0v) is 9.56. The van der Waals surface area contributed by atoms with Gasteiger partial charge in [0.15, 0.2) is 0 Å². The normalized spacial score (nSPS) is 18.2. The Balaban J connectivity index is 2.40. The summed E-state index contributed by atoms with van der Waals surface area (Å²) in [5.41, 5.74) is 6.89. The van der Waals surface area contributed by atoms with Gasteiger partial charge in [0.1, 0.15) is 0 Å². The fourth-order valence-electron chi connectivity index (χ4n) is 2.06. The van der Waals surface area contributed by atoms with Crippen molar-refractivity contribution in [3.05, 3.63) is 39.9 Å². The summed E-state index contributed by atoms with van der Waals surface area (Å²) in [5.74, 6) is 0. The summed E-state index contributed by atoms with van der Waals surface area (Å²) in [7, 11) is 0. The summed E-state index contributed by atoms with van der Waals surface area (Å²) in [5, 5.41) is 10.7. The molecule has 0 heterocycles. The lowest BCUT2D eigenvalue weighted by Crippen LogP contribution is -2.43. The first-order valence-electron chi connectivity index (χ1n) is 5.41. The van der Waals surface area contributed by atoms with Crippen LogP contribution in [-0.4, -0.2) is 10.5 Å². The minimum Gasteiger partial charge on any atom is -0.324 e. The molecule has 2 N–H and O–H groups in total. The van der Waals surface area contributed by atoms with Gasteiger partial charge in [-0.15, -0.1) is 0 Å². The first-order chi connectivity index (χ1) is 7.37. The van der Waals surface area contributed by atoms with Crippen LogP contribution in [-0.2, 0) is 5.41 Å². The second-order valence-corrected chi connectivity index (χ2v) is 5.09. The van der Waals surface area contributed by atoms with Crippen LogP contribution in [0.25, 0.3) is 0 Å². The second-order valence-electron chi connectivity index (χ2n) is 5.09. The van der Waals surface area contributed by atoms with Crippen molar-refractivity contribution in [2.45, 2.75) is 37.6 Å². The molecule has 86 valence electrons. The first-order valence-corrected chi connectivity index (χ1v) is 5.41. The van der Waals surface area contributed by atoms with Crippen molar-refractivity contribution < 1.29 is 4.92 Å². The lowest BCUT2D eigenvalue weighted by molar-refractivity contribution is -0.385. The highest BCUT2D eigenvalue weighted by Crippen LogP contribution is 2.49. The predicted octanol–water partition coefficient (Wildman–Crippen LogP) is 2.36. The number of nitrogens with zero attached hydrogens (tertiary/aromatic N) is 1. The molecule has 1 aliphatic rings. The van der Waals surface area contributed by atoms with Crippen molar-refractivity contribution in [2.24, 2.45) is 5.73 Å². The van der Waals surface area contributed by atoms with Crippen molar-refractivity contribution >= 4 is 5.69 Å². The van der Waals surface area contributed by atoms with Crippen LogP contribution in [0, 0.1) is 10.1 Å². The summed E-state index contributed by atoms with van der Waals surface area (Å²) in [4.78, 5) is 10.4. The maximum absolute atomic E-state index is 10.7. The molecule has 0 atom stereocenters. The van der Waals surface area contributed by atoms with E-state index in [1.807, 2.05) is 6.07 Å². The van der Waals surface area contributed by atoms with E-state index in [1.165, 1.54) is 6.07 Å². The molecule has 1 aromatic rings. The van der Waals surface area contributed by atoms with E-state index in [0.717, 1.165) is 18.4 Å². The SMILES string of the molecule is CC(C)(c1cccc([N+](=O)[O-])c1)C1(N)CC1. The van der Waals surface area contributed by atoms with Crippen LogP contribution >= 0.6 is 0 Å². The van der Waals surface area contributed by atoms with Gasteiger partial charge in [-0.2, -0.15) is 0 Å². The molecule has 16 heavy (non-hydrogen) atoms. The van der Waals surface area contributed by atoms with E-state index < -0.39 is 0 Å². The molecule has 0 saturated heterocycles. The van der Waals surface area contributed by atoms with Crippen molar-refractivity contribution in [3.8, 4) is 0 Å². The zero-order chi connectivity index (χ0) is 12.0. The van der Waals surface area contributed by atoms with E-state index >= 15 is 0 Å². The molecule has 0 radical (unpaired) electrons. The topological polar surface area (TPSA) is 69.2 Å². The highest BCUT2D eigenvalue weighted by atomic mass is 16.6. The van der Waals surface area contributed by atoms with Gasteiger partial charge in [-0.05, 0) is 18.4 Å². The van der Waals surface area contributed by atoms with Crippen LogP contribution in [0.4, 0.5) is 5.69 Å². The average molecular weight is 220 g/mol. The molecule has 1 fully saturated rings. The zero-order valence-electron chi connectivity index (χ0n) is 9.56. The molecular weight excluding hydrogens is 204 g/mol. The monoisotopic (exact) mass is 220 g/mol. The third kappa shape index (κ3) is 1.59. The number of hydrogen-bond acceptors (Lipinski definition) is 3. The van der Waals surface area contributed by atoms with Gasteiger partial charge in [0.2, 0.25) is 0 Å². The number of non-ortho nitro benzene ring substituents is 1. The van der Waals surface area contributed by atoms with E-state index in [4.69, 9.17) is 5.73 Å². The van der Waals surface area contributed by atoms with E-state index in [2.05, 4.69) is 13.8 Å². The third-order valence-electron chi connectivity index (χ3n) is 3.81. The average Bonchev–Trinajstić information content (AvgIpc) is 2.98. The van der Waals surface area contributed by atoms with Crippen LogP contribution in [0.1, 0.15) is 32.3 Å². The second kappa shape index (κ2) is 3.28. The van der Waals surface area contributed by atoms with Gasteiger partial charge in [0.05, 0.1) is 4.92 Å². The molecule has 4 heteroatoms. The smallest absolute Gasteiger partial charge is 0.269 e. The molecule has 1 saturated carbocycles. The molecule has 0 unspecified atom stereocenters. The van der Waals surface area contributed by atoms with Crippen LogP contribution in [0.2, 0.25) is 0 Å².